The maximum atomic E-state index is 13.6. The van der Waals surface area contributed by atoms with Crippen LogP contribution in [0.4, 0.5) is 8.78 Å². The molecular weight excluding hydrogens is 264 g/mol. The average molecular weight is 281 g/mol. The van der Waals surface area contributed by atoms with Crippen molar-refractivity contribution in [3.63, 3.8) is 0 Å². The van der Waals surface area contributed by atoms with E-state index in [4.69, 9.17) is 0 Å². The molecular formula is C14H17F2N3O. The van der Waals surface area contributed by atoms with Crippen LogP contribution in [0.5, 0.6) is 0 Å². The van der Waals surface area contributed by atoms with E-state index in [9.17, 15) is 13.9 Å². The van der Waals surface area contributed by atoms with Crippen molar-refractivity contribution < 1.29 is 13.9 Å². The second kappa shape index (κ2) is 6.09. The fraction of sp³-hybridized carbons (Fsp3) is 0.429. The first-order chi connectivity index (χ1) is 9.49. The molecule has 0 bridgehead atoms. The lowest BCUT2D eigenvalue weighted by atomic mass is 10.1. The molecule has 0 aliphatic heterocycles. The summed E-state index contributed by atoms with van der Waals surface area (Å²) in [5.41, 5.74) is -0.0657. The Balaban J connectivity index is 2.17. The summed E-state index contributed by atoms with van der Waals surface area (Å²) in [6.45, 7) is 4.73. The van der Waals surface area contributed by atoms with Crippen molar-refractivity contribution in [2.24, 2.45) is 5.92 Å². The molecule has 0 amide bonds. The van der Waals surface area contributed by atoms with Gasteiger partial charge in [-0.3, -0.25) is 0 Å². The normalized spacial score (nSPS) is 12.9. The second-order valence-electron chi connectivity index (χ2n) is 5.12. The highest BCUT2D eigenvalue weighted by Gasteiger charge is 2.19. The van der Waals surface area contributed by atoms with Crippen LogP contribution in [0, 0.1) is 17.6 Å². The van der Waals surface area contributed by atoms with E-state index in [0.717, 1.165) is 6.07 Å². The summed E-state index contributed by atoms with van der Waals surface area (Å²) in [7, 11) is 0. The molecule has 1 atom stereocenters. The van der Waals surface area contributed by atoms with E-state index in [-0.39, 0.29) is 12.0 Å². The monoisotopic (exact) mass is 281 g/mol. The Labute approximate surface area is 116 Å². The molecule has 4 nitrogen and oxygen atoms in total. The molecule has 2 aromatic rings. The lowest BCUT2D eigenvalue weighted by Crippen LogP contribution is -2.14. The molecule has 0 saturated carbocycles. The Morgan fingerprint density at radius 3 is 2.75 bits per heavy atom. The molecule has 0 aliphatic rings. The van der Waals surface area contributed by atoms with Crippen LogP contribution in [-0.2, 0) is 13.0 Å². The molecule has 1 aromatic carbocycles. The van der Waals surface area contributed by atoms with Gasteiger partial charge in [0.1, 0.15) is 12.2 Å². The number of nitrogens with zero attached hydrogens (tertiary/aromatic N) is 3. The molecule has 0 saturated heterocycles. The Bertz CT molecular complexity index is 584. The van der Waals surface area contributed by atoms with Gasteiger partial charge in [-0.25, -0.2) is 18.4 Å². The van der Waals surface area contributed by atoms with Crippen LogP contribution in [-0.4, -0.2) is 19.9 Å². The number of benzene rings is 1. The molecule has 0 spiro atoms. The molecule has 1 unspecified atom stereocenters. The quantitative estimate of drug-likeness (QED) is 0.916. The SMILES string of the molecule is CC(C)Cn1ncnc1CC(O)c1cccc(F)c1F. The zero-order chi connectivity index (χ0) is 14.7. The summed E-state index contributed by atoms with van der Waals surface area (Å²) in [6, 6.07) is 3.76. The van der Waals surface area contributed by atoms with E-state index >= 15 is 0 Å². The number of aliphatic hydroxyl groups excluding tert-OH is 1. The maximum absolute atomic E-state index is 13.6. The molecule has 0 radical (unpaired) electrons. The van der Waals surface area contributed by atoms with Crippen LogP contribution in [0.25, 0.3) is 0 Å². The summed E-state index contributed by atoms with van der Waals surface area (Å²) < 4.78 is 28.4. The van der Waals surface area contributed by atoms with Gasteiger partial charge in [0, 0.05) is 18.5 Å². The molecule has 0 fully saturated rings. The second-order valence-corrected chi connectivity index (χ2v) is 5.12. The predicted octanol–water partition coefficient (Wildman–Crippen LogP) is 2.49. The van der Waals surface area contributed by atoms with Gasteiger partial charge in [0.2, 0.25) is 0 Å². The van der Waals surface area contributed by atoms with Gasteiger partial charge < -0.3 is 5.11 Å². The lowest BCUT2D eigenvalue weighted by molar-refractivity contribution is 0.167. The highest BCUT2D eigenvalue weighted by Crippen LogP contribution is 2.22. The van der Waals surface area contributed by atoms with Crippen molar-refractivity contribution in [2.75, 3.05) is 0 Å². The summed E-state index contributed by atoms with van der Waals surface area (Å²) in [6.07, 6.45) is 0.334. The van der Waals surface area contributed by atoms with E-state index < -0.39 is 17.7 Å². The molecule has 0 aliphatic carbocycles. The average Bonchev–Trinajstić information content (AvgIpc) is 2.79. The summed E-state index contributed by atoms with van der Waals surface area (Å²) in [4.78, 5) is 4.06. The van der Waals surface area contributed by atoms with Crippen molar-refractivity contribution in [2.45, 2.75) is 32.9 Å². The van der Waals surface area contributed by atoms with Gasteiger partial charge in [0.05, 0.1) is 6.10 Å². The Morgan fingerprint density at radius 2 is 2.05 bits per heavy atom. The Hall–Kier alpha value is -1.82. The van der Waals surface area contributed by atoms with Crippen LogP contribution < -0.4 is 0 Å². The first kappa shape index (κ1) is 14.6. The smallest absolute Gasteiger partial charge is 0.164 e. The Morgan fingerprint density at radius 1 is 1.30 bits per heavy atom. The van der Waals surface area contributed by atoms with Crippen LogP contribution in [0.15, 0.2) is 24.5 Å². The van der Waals surface area contributed by atoms with Crippen molar-refractivity contribution in [3.8, 4) is 0 Å². The topological polar surface area (TPSA) is 50.9 Å². The van der Waals surface area contributed by atoms with E-state index in [2.05, 4.69) is 10.1 Å². The lowest BCUT2D eigenvalue weighted by Gasteiger charge is -2.13. The number of hydrogen-bond donors (Lipinski definition) is 1. The molecule has 6 heteroatoms. The molecule has 1 N–H and O–H groups in total. The van der Waals surface area contributed by atoms with E-state index in [1.807, 2.05) is 13.8 Å². The number of hydrogen-bond acceptors (Lipinski definition) is 3. The van der Waals surface area contributed by atoms with E-state index in [1.54, 1.807) is 4.68 Å². The van der Waals surface area contributed by atoms with Crippen LogP contribution >= 0.6 is 0 Å². The van der Waals surface area contributed by atoms with Gasteiger partial charge in [-0.15, -0.1) is 0 Å². The molecule has 2 rings (SSSR count). The molecule has 1 aromatic heterocycles. The summed E-state index contributed by atoms with van der Waals surface area (Å²) in [5, 5.41) is 14.1. The van der Waals surface area contributed by atoms with Crippen molar-refractivity contribution >= 4 is 0 Å². The third-order valence-electron chi connectivity index (χ3n) is 2.95. The van der Waals surface area contributed by atoms with Gasteiger partial charge in [-0.2, -0.15) is 5.10 Å². The number of halogens is 2. The zero-order valence-electron chi connectivity index (χ0n) is 11.4. The molecule has 1 heterocycles. The third kappa shape index (κ3) is 3.19. The first-order valence-corrected chi connectivity index (χ1v) is 6.47. The molecule has 20 heavy (non-hydrogen) atoms. The number of aromatic nitrogens is 3. The van der Waals surface area contributed by atoms with Crippen LogP contribution in [0.3, 0.4) is 0 Å². The van der Waals surface area contributed by atoms with Crippen molar-refractivity contribution in [1.29, 1.82) is 0 Å². The third-order valence-corrected chi connectivity index (χ3v) is 2.95. The first-order valence-electron chi connectivity index (χ1n) is 6.47. The van der Waals surface area contributed by atoms with Gasteiger partial charge in [0.25, 0.3) is 0 Å². The summed E-state index contributed by atoms with van der Waals surface area (Å²) >= 11 is 0. The van der Waals surface area contributed by atoms with Gasteiger partial charge in [-0.1, -0.05) is 26.0 Å². The van der Waals surface area contributed by atoms with Crippen molar-refractivity contribution in [1.82, 2.24) is 14.8 Å². The highest BCUT2D eigenvalue weighted by molar-refractivity contribution is 5.22. The fourth-order valence-electron chi connectivity index (χ4n) is 2.01. The van der Waals surface area contributed by atoms with Gasteiger partial charge in [-0.05, 0) is 12.0 Å². The summed E-state index contributed by atoms with van der Waals surface area (Å²) in [5.74, 6) is -1.06. The van der Waals surface area contributed by atoms with Crippen LogP contribution in [0.2, 0.25) is 0 Å². The number of aliphatic hydroxyl groups is 1. The maximum Gasteiger partial charge on any atom is 0.164 e. The highest BCUT2D eigenvalue weighted by atomic mass is 19.2. The zero-order valence-corrected chi connectivity index (χ0v) is 11.4. The van der Waals surface area contributed by atoms with E-state index in [0.29, 0.717) is 18.3 Å². The minimum Gasteiger partial charge on any atom is -0.388 e. The van der Waals surface area contributed by atoms with Gasteiger partial charge >= 0.3 is 0 Å². The van der Waals surface area contributed by atoms with Gasteiger partial charge in [0.15, 0.2) is 11.6 Å². The largest absolute Gasteiger partial charge is 0.388 e. The predicted molar refractivity (Wildman–Crippen MR) is 69.9 cm³/mol. The Kier molecular flexibility index (Phi) is 4.44. The standard InChI is InChI=1S/C14H17F2N3O/c1-9(2)7-19-13(17-8-18-19)6-12(20)10-4-3-5-11(15)14(10)16/h3-5,8-9,12,20H,6-7H2,1-2H3. The van der Waals surface area contributed by atoms with E-state index in [1.165, 1.54) is 18.5 Å². The minimum atomic E-state index is -1.15. The van der Waals surface area contributed by atoms with Crippen LogP contribution in [0.1, 0.15) is 31.3 Å². The minimum absolute atomic E-state index is 0.0657. The number of rotatable bonds is 5. The fourth-order valence-corrected chi connectivity index (χ4v) is 2.01. The molecule has 108 valence electrons. The van der Waals surface area contributed by atoms with Crippen molar-refractivity contribution in [3.05, 3.63) is 47.5 Å².